The van der Waals surface area contributed by atoms with Gasteiger partial charge in [0.05, 0.1) is 0 Å². The van der Waals surface area contributed by atoms with Gasteiger partial charge >= 0.3 is 22.2 Å². The van der Waals surface area contributed by atoms with Gasteiger partial charge in [-0.3, -0.25) is 4.55 Å². The third-order valence-electron chi connectivity index (χ3n) is 1.03. The smallest absolute Gasteiger partial charge is 0.280 e. The van der Waals surface area contributed by atoms with Gasteiger partial charge in [-0.1, -0.05) is 0 Å². The maximum atomic E-state index is 12.1. The Labute approximate surface area is 77.9 Å². The number of rotatable bonds is 2. The molecule has 90 valence electrons. The first-order valence-corrected chi connectivity index (χ1v) is 4.23. The van der Waals surface area contributed by atoms with Gasteiger partial charge in [0.25, 0.3) is 5.16 Å². The SMILES string of the molecule is O=S(=O)(O)/C(F)=C(\F)C(F)(F)C(F)(F)F. The molecule has 0 unspecified atom stereocenters. The average Bonchev–Trinajstić information content (AvgIpc) is 1.97. The van der Waals surface area contributed by atoms with Crippen LogP contribution in [0.5, 0.6) is 0 Å². The lowest BCUT2D eigenvalue weighted by Crippen LogP contribution is -2.37. The first-order valence-electron chi connectivity index (χ1n) is 2.79. The van der Waals surface area contributed by atoms with Crippen LogP contribution in [0.2, 0.25) is 0 Å². The van der Waals surface area contributed by atoms with Crippen molar-refractivity contribution in [3.63, 3.8) is 0 Å². The molecule has 0 heterocycles. The summed E-state index contributed by atoms with van der Waals surface area (Å²) >= 11 is 0. The molecule has 0 atom stereocenters. The number of halogens is 7. The molecule has 0 aromatic carbocycles. The molecule has 0 aliphatic rings. The Morgan fingerprint density at radius 3 is 1.53 bits per heavy atom. The van der Waals surface area contributed by atoms with Crippen LogP contribution in [0.4, 0.5) is 30.7 Å². The molecule has 15 heavy (non-hydrogen) atoms. The zero-order chi connectivity index (χ0) is 12.7. The predicted molar refractivity (Wildman–Crippen MR) is 31.8 cm³/mol. The van der Waals surface area contributed by atoms with Crippen molar-refractivity contribution in [2.75, 3.05) is 0 Å². The van der Waals surface area contributed by atoms with E-state index in [0.717, 1.165) is 0 Å². The molecule has 0 radical (unpaired) electrons. The number of allylic oxidation sites excluding steroid dienone is 1. The molecule has 0 aromatic rings. The fourth-order valence-corrected chi connectivity index (χ4v) is 0.716. The summed E-state index contributed by atoms with van der Waals surface area (Å²) in [6.45, 7) is 0. The van der Waals surface area contributed by atoms with Crippen LogP contribution in [0.1, 0.15) is 0 Å². The van der Waals surface area contributed by atoms with Crippen LogP contribution in [-0.4, -0.2) is 25.1 Å². The molecule has 0 rings (SSSR count). The Kier molecular flexibility index (Phi) is 3.42. The Morgan fingerprint density at radius 1 is 1.00 bits per heavy atom. The van der Waals surface area contributed by atoms with Crippen molar-refractivity contribution in [3.05, 3.63) is 11.0 Å². The minimum atomic E-state index is -6.51. The minimum absolute atomic E-state index is 3.58. The van der Waals surface area contributed by atoms with E-state index in [2.05, 4.69) is 0 Å². The van der Waals surface area contributed by atoms with E-state index in [1.54, 1.807) is 0 Å². The molecule has 3 nitrogen and oxygen atoms in total. The van der Waals surface area contributed by atoms with E-state index >= 15 is 0 Å². The zero-order valence-electron chi connectivity index (χ0n) is 6.32. The summed E-state index contributed by atoms with van der Waals surface area (Å²) in [6.07, 6.45) is -6.51. The van der Waals surface area contributed by atoms with E-state index in [1.165, 1.54) is 0 Å². The van der Waals surface area contributed by atoms with Crippen LogP contribution in [0.25, 0.3) is 0 Å². The van der Waals surface area contributed by atoms with E-state index in [4.69, 9.17) is 4.55 Å². The normalized spacial score (nSPS) is 16.3. The summed E-state index contributed by atoms with van der Waals surface area (Å²) in [5.74, 6) is -10.2. The van der Waals surface area contributed by atoms with Crippen molar-refractivity contribution in [2.45, 2.75) is 12.1 Å². The van der Waals surface area contributed by atoms with Crippen LogP contribution in [0.15, 0.2) is 11.0 Å². The third-order valence-corrected chi connectivity index (χ3v) is 1.66. The fourth-order valence-electron chi connectivity index (χ4n) is 0.361. The van der Waals surface area contributed by atoms with E-state index in [1.807, 2.05) is 0 Å². The first kappa shape index (κ1) is 14.2. The maximum absolute atomic E-state index is 12.1. The summed E-state index contributed by atoms with van der Waals surface area (Å²) in [5.41, 5.74) is 0. The van der Waals surface area contributed by atoms with Crippen molar-refractivity contribution in [3.8, 4) is 0 Å². The maximum Gasteiger partial charge on any atom is 0.460 e. The van der Waals surface area contributed by atoms with Gasteiger partial charge in [0.15, 0.2) is 0 Å². The van der Waals surface area contributed by atoms with Crippen molar-refractivity contribution in [1.29, 1.82) is 0 Å². The molecule has 0 saturated carbocycles. The van der Waals surface area contributed by atoms with Crippen molar-refractivity contribution >= 4 is 10.1 Å². The Balaban J connectivity index is 5.65. The number of hydrogen-bond acceptors (Lipinski definition) is 2. The van der Waals surface area contributed by atoms with Gasteiger partial charge in [0, 0.05) is 0 Å². The second-order valence-electron chi connectivity index (χ2n) is 2.13. The topological polar surface area (TPSA) is 54.4 Å². The van der Waals surface area contributed by atoms with Gasteiger partial charge in [-0.25, -0.2) is 4.39 Å². The highest BCUT2D eigenvalue weighted by atomic mass is 32.2. The standard InChI is InChI=1S/C4HF7O3S/c5-1(2(6)15(12,13)14)3(7,8)4(9,10)11/h(H,12,13,14)/b2-1-. The molecular weight excluding hydrogens is 261 g/mol. The quantitative estimate of drug-likeness (QED) is 0.613. The molecule has 0 saturated heterocycles. The summed E-state index contributed by atoms with van der Waals surface area (Å²) in [7, 11) is -6.09. The molecule has 0 bridgehead atoms. The first-order chi connectivity index (χ1) is 6.32. The predicted octanol–water partition coefficient (Wildman–Crippen LogP) is 2.18. The van der Waals surface area contributed by atoms with E-state index < -0.39 is 33.2 Å². The number of alkyl halides is 5. The van der Waals surface area contributed by atoms with E-state index in [0.29, 0.717) is 0 Å². The van der Waals surface area contributed by atoms with Crippen LogP contribution < -0.4 is 0 Å². The Morgan fingerprint density at radius 2 is 1.33 bits per heavy atom. The number of hydrogen-bond donors (Lipinski definition) is 1. The summed E-state index contributed by atoms with van der Waals surface area (Å²) in [6, 6.07) is 0. The summed E-state index contributed by atoms with van der Waals surface area (Å²) < 4.78 is 109. The molecule has 1 N–H and O–H groups in total. The van der Waals surface area contributed by atoms with Gasteiger partial charge in [-0.15, -0.1) is 0 Å². The largest absolute Gasteiger partial charge is 0.460 e. The molecular formula is C4HF7O3S. The van der Waals surface area contributed by atoms with Crippen molar-refractivity contribution in [2.24, 2.45) is 0 Å². The van der Waals surface area contributed by atoms with Crippen LogP contribution in [0.3, 0.4) is 0 Å². The average molecular weight is 262 g/mol. The van der Waals surface area contributed by atoms with Crippen molar-refractivity contribution in [1.82, 2.24) is 0 Å². The van der Waals surface area contributed by atoms with Crippen LogP contribution in [0, 0.1) is 0 Å². The highest BCUT2D eigenvalue weighted by molar-refractivity contribution is 7.89. The van der Waals surface area contributed by atoms with Gasteiger partial charge in [0.1, 0.15) is 0 Å². The molecule has 0 fully saturated rings. The van der Waals surface area contributed by atoms with E-state index in [-0.39, 0.29) is 0 Å². The molecule has 0 aliphatic carbocycles. The van der Waals surface area contributed by atoms with Gasteiger partial charge in [0.2, 0.25) is 5.83 Å². The fraction of sp³-hybridized carbons (Fsp3) is 0.500. The highest BCUT2D eigenvalue weighted by Crippen LogP contribution is 2.43. The molecule has 0 amide bonds. The Bertz CT molecular complexity index is 378. The zero-order valence-corrected chi connectivity index (χ0v) is 7.13. The summed E-state index contributed by atoms with van der Waals surface area (Å²) in [4.78, 5) is 0. The van der Waals surface area contributed by atoms with Crippen LogP contribution >= 0.6 is 0 Å². The van der Waals surface area contributed by atoms with Gasteiger partial charge in [-0.2, -0.15) is 34.8 Å². The Hall–Kier alpha value is -0.840. The molecule has 0 aromatic heterocycles. The van der Waals surface area contributed by atoms with Gasteiger partial charge in [-0.05, 0) is 0 Å². The van der Waals surface area contributed by atoms with Crippen molar-refractivity contribution < 1.29 is 43.7 Å². The monoisotopic (exact) mass is 262 g/mol. The molecule has 0 spiro atoms. The minimum Gasteiger partial charge on any atom is -0.280 e. The lowest BCUT2D eigenvalue weighted by molar-refractivity contribution is -0.271. The lowest BCUT2D eigenvalue weighted by Gasteiger charge is -2.17. The third kappa shape index (κ3) is 2.81. The van der Waals surface area contributed by atoms with Crippen LogP contribution in [-0.2, 0) is 10.1 Å². The van der Waals surface area contributed by atoms with E-state index in [9.17, 15) is 39.2 Å². The lowest BCUT2D eigenvalue weighted by atomic mass is 10.3. The summed E-state index contributed by atoms with van der Waals surface area (Å²) in [5, 5.41) is -3.58. The highest BCUT2D eigenvalue weighted by Gasteiger charge is 2.63. The molecule has 11 heteroatoms. The second kappa shape index (κ2) is 3.63. The molecule has 0 aliphatic heterocycles. The van der Waals surface area contributed by atoms with Gasteiger partial charge < -0.3 is 0 Å². The second-order valence-corrected chi connectivity index (χ2v) is 3.44.